The summed E-state index contributed by atoms with van der Waals surface area (Å²) in [7, 11) is 0. The number of carbonyl (C=O) groups excluding carboxylic acids is 2. The van der Waals surface area contributed by atoms with Crippen LogP contribution in [0.3, 0.4) is 0 Å². The van der Waals surface area contributed by atoms with E-state index in [1.807, 2.05) is 19.2 Å². The molecule has 1 aromatic heterocycles. The Morgan fingerprint density at radius 1 is 1.25 bits per heavy atom. The summed E-state index contributed by atoms with van der Waals surface area (Å²) >= 11 is 0. The quantitative estimate of drug-likeness (QED) is 0.810. The summed E-state index contributed by atoms with van der Waals surface area (Å²) in [4.78, 5) is 27.4. The summed E-state index contributed by atoms with van der Waals surface area (Å²) in [5, 5.41) is 8.10. The van der Waals surface area contributed by atoms with Crippen LogP contribution < -0.4 is 10.6 Å². The fourth-order valence-electron chi connectivity index (χ4n) is 1.74. The van der Waals surface area contributed by atoms with Crippen molar-refractivity contribution in [2.24, 2.45) is 0 Å². The number of anilines is 1. The Bertz CT molecular complexity index is 746. The lowest BCUT2D eigenvalue weighted by atomic mass is 10.2. The second-order valence-corrected chi connectivity index (χ2v) is 5.29. The highest BCUT2D eigenvalue weighted by Crippen LogP contribution is 2.15. The number of amides is 2. The first-order chi connectivity index (χ1) is 11.4. The van der Waals surface area contributed by atoms with Crippen LogP contribution in [0.5, 0.6) is 0 Å². The highest BCUT2D eigenvalue weighted by molar-refractivity contribution is 6.39. The number of rotatable bonds is 5. The first kappa shape index (κ1) is 17.5. The summed E-state index contributed by atoms with van der Waals surface area (Å²) < 4.78 is 31.4. The van der Waals surface area contributed by atoms with Gasteiger partial charge in [-0.15, -0.1) is 0 Å². The van der Waals surface area contributed by atoms with Crippen LogP contribution in [0, 0.1) is 11.6 Å². The molecule has 2 N–H and O–H groups in total. The standard InChI is InChI=1S/C15H16F2N4O3/c1-8(2)13-20-12(24-21-13)5-6-18-14(22)15(23)19-11-7-9(16)3-4-10(11)17/h3-4,7-8H,5-6H2,1-2H3,(H,18,22)(H,19,23). The molecule has 1 aromatic carbocycles. The Morgan fingerprint density at radius 2 is 2.00 bits per heavy atom. The van der Waals surface area contributed by atoms with E-state index in [0.717, 1.165) is 18.2 Å². The average molecular weight is 338 g/mol. The molecule has 2 aromatic rings. The van der Waals surface area contributed by atoms with Crippen LogP contribution in [0.1, 0.15) is 31.5 Å². The Morgan fingerprint density at radius 3 is 2.67 bits per heavy atom. The summed E-state index contributed by atoms with van der Waals surface area (Å²) in [5.41, 5.74) is -0.409. The molecule has 2 amide bonds. The van der Waals surface area contributed by atoms with E-state index >= 15 is 0 Å². The number of hydrogen-bond donors (Lipinski definition) is 2. The predicted molar refractivity (Wildman–Crippen MR) is 80.1 cm³/mol. The number of hydrogen-bond acceptors (Lipinski definition) is 5. The Hall–Kier alpha value is -2.84. The van der Waals surface area contributed by atoms with Gasteiger partial charge in [-0.2, -0.15) is 4.98 Å². The lowest BCUT2D eigenvalue weighted by molar-refractivity contribution is -0.136. The van der Waals surface area contributed by atoms with Gasteiger partial charge in [-0.3, -0.25) is 9.59 Å². The number of nitrogens with one attached hydrogen (secondary N) is 2. The molecule has 0 unspecified atom stereocenters. The van der Waals surface area contributed by atoms with Gasteiger partial charge in [0.25, 0.3) is 0 Å². The van der Waals surface area contributed by atoms with Gasteiger partial charge in [-0.25, -0.2) is 8.78 Å². The van der Waals surface area contributed by atoms with Gasteiger partial charge >= 0.3 is 11.8 Å². The van der Waals surface area contributed by atoms with Gasteiger partial charge in [0, 0.05) is 24.9 Å². The van der Waals surface area contributed by atoms with Gasteiger partial charge in [0.1, 0.15) is 11.6 Å². The monoisotopic (exact) mass is 338 g/mol. The Balaban J connectivity index is 1.83. The molecule has 7 nitrogen and oxygen atoms in total. The third kappa shape index (κ3) is 4.58. The molecule has 0 saturated heterocycles. The van der Waals surface area contributed by atoms with E-state index in [2.05, 4.69) is 15.5 Å². The molecule has 0 bridgehead atoms. The zero-order valence-corrected chi connectivity index (χ0v) is 13.1. The van der Waals surface area contributed by atoms with E-state index in [4.69, 9.17) is 4.52 Å². The average Bonchev–Trinajstić information content (AvgIpc) is 3.00. The molecule has 2 rings (SSSR count). The zero-order chi connectivity index (χ0) is 17.7. The van der Waals surface area contributed by atoms with Crippen LogP contribution in [0.15, 0.2) is 22.7 Å². The third-order valence-corrected chi connectivity index (χ3v) is 3.01. The molecular formula is C15H16F2N4O3. The number of carbonyl (C=O) groups is 2. The maximum Gasteiger partial charge on any atom is 0.313 e. The second kappa shape index (κ2) is 7.62. The molecular weight excluding hydrogens is 322 g/mol. The van der Waals surface area contributed by atoms with Crippen molar-refractivity contribution in [3.05, 3.63) is 41.5 Å². The molecule has 0 spiro atoms. The smallest absolute Gasteiger partial charge is 0.313 e. The van der Waals surface area contributed by atoms with Gasteiger partial charge in [-0.05, 0) is 12.1 Å². The van der Waals surface area contributed by atoms with Crippen molar-refractivity contribution in [1.29, 1.82) is 0 Å². The van der Waals surface area contributed by atoms with Gasteiger partial charge in [0.2, 0.25) is 5.89 Å². The van der Waals surface area contributed by atoms with Gasteiger partial charge in [0.05, 0.1) is 5.69 Å². The Kier molecular flexibility index (Phi) is 5.56. The molecule has 0 fully saturated rings. The largest absolute Gasteiger partial charge is 0.347 e. The van der Waals surface area contributed by atoms with Crippen LogP contribution in [-0.4, -0.2) is 28.5 Å². The molecule has 0 aliphatic heterocycles. The minimum Gasteiger partial charge on any atom is -0.347 e. The highest BCUT2D eigenvalue weighted by atomic mass is 19.1. The van der Waals surface area contributed by atoms with Crippen molar-refractivity contribution in [2.45, 2.75) is 26.2 Å². The number of nitrogens with zero attached hydrogens (tertiary/aromatic N) is 2. The maximum atomic E-state index is 13.4. The van der Waals surface area contributed by atoms with E-state index < -0.39 is 29.1 Å². The molecule has 0 radical (unpaired) electrons. The molecule has 0 atom stereocenters. The fraction of sp³-hybridized carbons (Fsp3) is 0.333. The van der Waals surface area contributed by atoms with E-state index in [9.17, 15) is 18.4 Å². The normalized spacial score (nSPS) is 10.7. The fourth-order valence-corrected chi connectivity index (χ4v) is 1.74. The van der Waals surface area contributed by atoms with Crippen molar-refractivity contribution in [3.63, 3.8) is 0 Å². The molecule has 24 heavy (non-hydrogen) atoms. The maximum absolute atomic E-state index is 13.4. The molecule has 9 heteroatoms. The minimum absolute atomic E-state index is 0.0810. The van der Waals surface area contributed by atoms with Crippen LogP contribution in [0.2, 0.25) is 0 Å². The minimum atomic E-state index is -1.10. The number of halogens is 2. The first-order valence-electron chi connectivity index (χ1n) is 7.23. The van der Waals surface area contributed by atoms with Crippen molar-refractivity contribution in [2.75, 3.05) is 11.9 Å². The second-order valence-electron chi connectivity index (χ2n) is 5.29. The number of aromatic nitrogens is 2. The van der Waals surface area contributed by atoms with Crippen LogP contribution >= 0.6 is 0 Å². The van der Waals surface area contributed by atoms with E-state index in [-0.39, 0.29) is 18.9 Å². The SMILES string of the molecule is CC(C)c1noc(CCNC(=O)C(=O)Nc2cc(F)ccc2F)n1. The zero-order valence-electron chi connectivity index (χ0n) is 13.1. The molecule has 0 aliphatic rings. The van der Waals surface area contributed by atoms with E-state index in [1.54, 1.807) is 0 Å². The lowest BCUT2D eigenvalue weighted by Crippen LogP contribution is -2.36. The summed E-state index contributed by atoms with van der Waals surface area (Å²) in [6, 6.07) is 2.54. The number of benzene rings is 1. The predicted octanol–water partition coefficient (Wildman–Crippen LogP) is 1.77. The molecule has 0 aliphatic carbocycles. The highest BCUT2D eigenvalue weighted by Gasteiger charge is 2.16. The molecule has 0 saturated carbocycles. The van der Waals surface area contributed by atoms with Crippen LogP contribution in [-0.2, 0) is 16.0 Å². The van der Waals surface area contributed by atoms with E-state index in [0.29, 0.717) is 11.7 Å². The van der Waals surface area contributed by atoms with Gasteiger partial charge < -0.3 is 15.2 Å². The Labute approximate surface area is 136 Å². The summed E-state index contributed by atoms with van der Waals surface area (Å²) in [6.45, 7) is 3.90. The van der Waals surface area contributed by atoms with Gasteiger partial charge in [0.15, 0.2) is 5.82 Å². The van der Waals surface area contributed by atoms with Crippen molar-refractivity contribution in [1.82, 2.24) is 15.5 Å². The van der Waals surface area contributed by atoms with Gasteiger partial charge in [-0.1, -0.05) is 19.0 Å². The molecule has 1 heterocycles. The van der Waals surface area contributed by atoms with Crippen LogP contribution in [0.4, 0.5) is 14.5 Å². The topological polar surface area (TPSA) is 97.1 Å². The van der Waals surface area contributed by atoms with Crippen molar-refractivity contribution >= 4 is 17.5 Å². The summed E-state index contributed by atoms with van der Waals surface area (Å²) in [6.07, 6.45) is 0.243. The van der Waals surface area contributed by atoms with E-state index in [1.165, 1.54) is 0 Å². The summed E-state index contributed by atoms with van der Waals surface area (Å²) in [5.74, 6) is -2.67. The van der Waals surface area contributed by atoms with Crippen LogP contribution in [0.25, 0.3) is 0 Å². The third-order valence-electron chi connectivity index (χ3n) is 3.01. The first-order valence-corrected chi connectivity index (χ1v) is 7.23. The lowest BCUT2D eigenvalue weighted by Gasteiger charge is -2.06. The molecule has 128 valence electrons. The van der Waals surface area contributed by atoms with Crippen molar-refractivity contribution < 1.29 is 22.9 Å². The van der Waals surface area contributed by atoms with Crippen molar-refractivity contribution in [3.8, 4) is 0 Å².